The van der Waals surface area contributed by atoms with Crippen LogP contribution < -0.4 is 5.32 Å². The number of furan rings is 1. The van der Waals surface area contributed by atoms with Crippen LogP contribution in [0.25, 0.3) is 0 Å². The highest BCUT2D eigenvalue weighted by Crippen LogP contribution is 2.22. The molecule has 4 nitrogen and oxygen atoms in total. The van der Waals surface area contributed by atoms with Crippen LogP contribution in [-0.2, 0) is 5.41 Å². The zero-order valence-corrected chi connectivity index (χ0v) is 10.6. The van der Waals surface area contributed by atoms with E-state index in [1.54, 1.807) is 17.2 Å². The molecule has 0 radical (unpaired) electrons. The van der Waals surface area contributed by atoms with Gasteiger partial charge in [-0.05, 0) is 12.1 Å². The average molecular weight is 250 g/mol. The van der Waals surface area contributed by atoms with Gasteiger partial charge < -0.3 is 9.73 Å². The molecule has 90 valence electrons. The van der Waals surface area contributed by atoms with Crippen LogP contribution in [-0.4, -0.2) is 17.4 Å². The van der Waals surface area contributed by atoms with Crippen LogP contribution in [0.2, 0.25) is 0 Å². The second kappa shape index (κ2) is 4.71. The van der Waals surface area contributed by atoms with Crippen LogP contribution in [0.5, 0.6) is 0 Å². The largest absolute Gasteiger partial charge is 0.469 e. The summed E-state index contributed by atoms with van der Waals surface area (Å²) in [7, 11) is 0. The summed E-state index contributed by atoms with van der Waals surface area (Å²) in [6.45, 7) is 4.55. The van der Waals surface area contributed by atoms with Gasteiger partial charge >= 0.3 is 0 Å². The second-order valence-corrected chi connectivity index (χ2v) is 5.14. The number of nitrogens with zero attached hydrogens (tertiary/aromatic N) is 1. The molecule has 1 amide bonds. The number of nitrogens with one attached hydrogen (secondary N) is 1. The Morgan fingerprint density at radius 1 is 1.59 bits per heavy atom. The summed E-state index contributed by atoms with van der Waals surface area (Å²) in [5, 5.41) is 4.59. The van der Waals surface area contributed by atoms with E-state index in [4.69, 9.17) is 4.42 Å². The molecule has 2 heterocycles. The first-order valence-electron chi connectivity index (χ1n) is 5.30. The quantitative estimate of drug-likeness (QED) is 0.906. The Hall–Kier alpha value is -1.62. The number of hydrogen-bond donors (Lipinski definition) is 1. The van der Waals surface area contributed by atoms with Gasteiger partial charge in [0.2, 0.25) is 0 Å². The highest BCUT2D eigenvalue weighted by atomic mass is 32.1. The molecule has 0 saturated heterocycles. The standard InChI is InChI=1S/C12H14N2O2S/c1-12(2,10-4-3-5-16-10)7-13-11(15)9-6-17-8-14-9/h3-6,8H,7H2,1-2H3,(H,13,15). The van der Waals surface area contributed by atoms with Crippen LogP contribution in [0.1, 0.15) is 30.1 Å². The lowest BCUT2D eigenvalue weighted by molar-refractivity contribution is 0.0939. The van der Waals surface area contributed by atoms with Gasteiger partial charge in [-0.3, -0.25) is 4.79 Å². The molecule has 0 spiro atoms. The van der Waals surface area contributed by atoms with Crippen molar-refractivity contribution in [2.45, 2.75) is 19.3 Å². The third-order valence-electron chi connectivity index (χ3n) is 2.54. The minimum atomic E-state index is -0.227. The lowest BCUT2D eigenvalue weighted by Gasteiger charge is -2.22. The molecule has 0 unspecified atom stereocenters. The Bertz CT molecular complexity index is 475. The number of rotatable bonds is 4. The van der Waals surface area contributed by atoms with Gasteiger partial charge in [0.15, 0.2) is 0 Å². The van der Waals surface area contributed by atoms with Crippen molar-refractivity contribution in [1.82, 2.24) is 10.3 Å². The van der Waals surface area contributed by atoms with Gasteiger partial charge in [0.05, 0.1) is 11.8 Å². The number of amides is 1. The monoisotopic (exact) mass is 250 g/mol. The summed E-state index contributed by atoms with van der Waals surface area (Å²) < 4.78 is 5.36. The molecule has 0 bridgehead atoms. The minimum absolute atomic E-state index is 0.147. The molecular weight excluding hydrogens is 236 g/mol. The van der Waals surface area contributed by atoms with E-state index in [1.807, 2.05) is 26.0 Å². The first-order valence-corrected chi connectivity index (χ1v) is 6.24. The molecule has 0 saturated carbocycles. The SMILES string of the molecule is CC(C)(CNC(=O)c1cscn1)c1ccco1. The molecule has 17 heavy (non-hydrogen) atoms. The van der Waals surface area contributed by atoms with Crippen molar-refractivity contribution in [3.05, 3.63) is 40.7 Å². The summed E-state index contributed by atoms with van der Waals surface area (Å²) in [5.74, 6) is 0.710. The highest BCUT2D eigenvalue weighted by Gasteiger charge is 2.24. The summed E-state index contributed by atoms with van der Waals surface area (Å²) in [6, 6.07) is 3.76. The first-order chi connectivity index (χ1) is 8.09. The Labute approximate surface area is 104 Å². The number of carbonyl (C=O) groups excluding carboxylic acids is 1. The molecule has 0 atom stereocenters. The highest BCUT2D eigenvalue weighted by molar-refractivity contribution is 7.07. The van der Waals surface area contributed by atoms with Gasteiger partial charge in [-0.1, -0.05) is 13.8 Å². The Kier molecular flexibility index (Phi) is 3.28. The van der Waals surface area contributed by atoms with Crippen molar-refractivity contribution in [1.29, 1.82) is 0 Å². The fourth-order valence-electron chi connectivity index (χ4n) is 1.47. The van der Waals surface area contributed by atoms with E-state index < -0.39 is 0 Å². The molecular formula is C12H14N2O2S. The summed E-state index contributed by atoms with van der Waals surface area (Å²) in [5.41, 5.74) is 1.88. The summed E-state index contributed by atoms with van der Waals surface area (Å²) in [4.78, 5) is 15.7. The molecule has 2 rings (SSSR count). The van der Waals surface area contributed by atoms with Gasteiger partial charge in [-0.15, -0.1) is 11.3 Å². The van der Waals surface area contributed by atoms with Crippen LogP contribution in [0.15, 0.2) is 33.7 Å². The first kappa shape index (κ1) is 11.9. The number of aromatic nitrogens is 1. The van der Waals surface area contributed by atoms with Crippen LogP contribution in [0.4, 0.5) is 0 Å². The van der Waals surface area contributed by atoms with E-state index in [0.717, 1.165) is 5.76 Å². The molecule has 2 aromatic heterocycles. The van der Waals surface area contributed by atoms with Crippen LogP contribution in [0.3, 0.4) is 0 Å². The van der Waals surface area contributed by atoms with Crippen molar-refractivity contribution in [2.24, 2.45) is 0 Å². The summed E-state index contributed by atoms with van der Waals surface area (Å²) >= 11 is 1.41. The van der Waals surface area contributed by atoms with Crippen LogP contribution in [0, 0.1) is 0 Å². The molecule has 5 heteroatoms. The molecule has 0 fully saturated rings. The van der Waals surface area contributed by atoms with E-state index in [2.05, 4.69) is 10.3 Å². The van der Waals surface area contributed by atoms with Gasteiger partial charge in [0.25, 0.3) is 5.91 Å². The maximum Gasteiger partial charge on any atom is 0.270 e. The zero-order chi connectivity index (χ0) is 12.3. The number of hydrogen-bond acceptors (Lipinski definition) is 4. The predicted octanol–water partition coefficient (Wildman–Crippen LogP) is 2.44. The van der Waals surface area contributed by atoms with Gasteiger partial charge in [0, 0.05) is 17.3 Å². The van der Waals surface area contributed by atoms with E-state index in [0.29, 0.717) is 12.2 Å². The fourth-order valence-corrected chi connectivity index (χ4v) is 2.00. The third kappa shape index (κ3) is 2.74. The van der Waals surface area contributed by atoms with E-state index >= 15 is 0 Å². The van der Waals surface area contributed by atoms with Crippen molar-refractivity contribution in [3.8, 4) is 0 Å². The van der Waals surface area contributed by atoms with Crippen molar-refractivity contribution in [2.75, 3.05) is 6.54 Å². The second-order valence-electron chi connectivity index (χ2n) is 4.42. The van der Waals surface area contributed by atoms with Crippen molar-refractivity contribution < 1.29 is 9.21 Å². The van der Waals surface area contributed by atoms with Crippen molar-refractivity contribution >= 4 is 17.2 Å². The lowest BCUT2D eigenvalue weighted by atomic mass is 9.90. The Balaban J connectivity index is 1.96. The van der Waals surface area contributed by atoms with Gasteiger partial charge in [0.1, 0.15) is 11.5 Å². The molecule has 0 aliphatic carbocycles. The van der Waals surface area contributed by atoms with Crippen LogP contribution >= 0.6 is 11.3 Å². The molecule has 0 aliphatic heterocycles. The normalized spacial score (nSPS) is 11.4. The zero-order valence-electron chi connectivity index (χ0n) is 9.77. The smallest absolute Gasteiger partial charge is 0.270 e. The topological polar surface area (TPSA) is 55.1 Å². The molecule has 0 aliphatic rings. The van der Waals surface area contributed by atoms with Crippen molar-refractivity contribution in [3.63, 3.8) is 0 Å². The number of carbonyl (C=O) groups is 1. The van der Waals surface area contributed by atoms with Gasteiger partial charge in [-0.25, -0.2) is 4.98 Å². The third-order valence-corrected chi connectivity index (χ3v) is 3.13. The number of thiazole rings is 1. The van der Waals surface area contributed by atoms with Gasteiger partial charge in [-0.2, -0.15) is 0 Å². The molecule has 1 N–H and O–H groups in total. The Morgan fingerprint density at radius 2 is 2.41 bits per heavy atom. The van der Waals surface area contributed by atoms with E-state index in [1.165, 1.54) is 11.3 Å². The average Bonchev–Trinajstić information content (AvgIpc) is 2.97. The maximum absolute atomic E-state index is 11.7. The molecule has 0 aromatic carbocycles. The van der Waals surface area contributed by atoms with E-state index in [-0.39, 0.29) is 11.3 Å². The maximum atomic E-state index is 11.7. The molecule has 2 aromatic rings. The minimum Gasteiger partial charge on any atom is -0.469 e. The fraction of sp³-hybridized carbons (Fsp3) is 0.333. The predicted molar refractivity (Wildman–Crippen MR) is 66.2 cm³/mol. The van der Waals surface area contributed by atoms with E-state index in [9.17, 15) is 4.79 Å². The Morgan fingerprint density at radius 3 is 3.00 bits per heavy atom. The lowest BCUT2D eigenvalue weighted by Crippen LogP contribution is -2.36. The summed E-state index contributed by atoms with van der Waals surface area (Å²) in [6.07, 6.45) is 1.64.